The predicted octanol–water partition coefficient (Wildman–Crippen LogP) is 2.55. The molecule has 0 spiro atoms. The van der Waals surface area contributed by atoms with Gasteiger partial charge in [0, 0.05) is 11.3 Å². The first-order chi connectivity index (χ1) is 9.90. The van der Waals surface area contributed by atoms with E-state index in [4.69, 9.17) is 0 Å². The lowest BCUT2D eigenvalue weighted by Crippen LogP contribution is -2.30. The molecule has 1 aromatic carbocycles. The Kier molecular flexibility index (Phi) is 4.17. The van der Waals surface area contributed by atoms with Crippen LogP contribution in [0.5, 0.6) is 0 Å². The molecule has 0 aliphatic rings. The maximum atomic E-state index is 12.3. The van der Waals surface area contributed by atoms with E-state index < -0.39 is 5.56 Å². The molecular weight excluding hydrogens is 266 g/mol. The fourth-order valence-electron chi connectivity index (χ4n) is 2.11. The minimum atomic E-state index is -0.414. The van der Waals surface area contributed by atoms with Crippen molar-refractivity contribution in [3.63, 3.8) is 0 Å². The maximum Gasteiger partial charge on any atom is 0.262 e. The molecule has 2 aromatic rings. The summed E-state index contributed by atoms with van der Waals surface area (Å²) in [6, 6.07) is 10.4. The molecule has 108 valence electrons. The number of ketones is 2. The van der Waals surface area contributed by atoms with Crippen molar-refractivity contribution in [1.82, 2.24) is 4.57 Å². The Morgan fingerprint density at radius 3 is 2.19 bits per heavy atom. The van der Waals surface area contributed by atoms with E-state index in [1.165, 1.54) is 17.6 Å². The number of carbonyl (C=O) groups excluding carboxylic acids is 2. The van der Waals surface area contributed by atoms with Gasteiger partial charge < -0.3 is 4.57 Å². The highest BCUT2D eigenvalue weighted by Gasteiger charge is 2.13. The average Bonchev–Trinajstić information content (AvgIpc) is 2.43. The van der Waals surface area contributed by atoms with Crippen LogP contribution in [0.2, 0.25) is 0 Å². The highest BCUT2D eigenvalue weighted by Crippen LogP contribution is 2.07. The number of aryl methyl sites for hydroxylation is 2. The van der Waals surface area contributed by atoms with Gasteiger partial charge in [0.25, 0.3) is 5.56 Å². The van der Waals surface area contributed by atoms with E-state index in [1.54, 1.807) is 25.1 Å². The van der Waals surface area contributed by atoms with Crippen molar-refractivity contribution < 1.29 is 9.59 Å². The maximum absolute atomic E-state index is 12.3. The molecule has 2 rings (SSSR count). The summed E-state index contributed by atoms with van der Waals surface area (Å²) in [5, 5.41) is 0. The van der Waals surface area contributed by atoms with E-state index in [2.05, 4.69) is 0 Å². The molecule has 1 heterocycles. The van der Waals surface area contributed by atoms with Crippen LogP contribution in [0.3, 0.4) is 0 Å². The largest absolute Gasteiger partial charge is 0.305 e. The standard InChI is InChI=1S/C17H17NO3/c1-11-4-7-14(8-5-11)16(20)10-18-12(2)6-9-15(13(3)19)17(18)21/h4-9H,10H2,1-3H3. The van der Waals surface area contributed by atoms with Crippen molar-refractivity contribution in [3.05, 3.63) is 69.1 Å². The summed E-state index contributed by atoms with van der Waals surface area (Å²) in [6.45, 7) is 4.97. The molecule has 0 radical (unpaired) electrons. The molecule has 4 heteroatoms. The molecule has 21 heavy (non-hydrogen) atoms. The van der Waals surface area contributed by atoms with Crippen LogP contribution in [0.1, 0.15) is 38.9 Å². The molecule has 0 amide bonds. The number of carbonyl (C=O) groups is 2. The van der Waals surface area contributed by atoms with Gasteiger partial charge in [-0.3, -0.25) is 14.4 Å². The molecule has 1 aromatic heterocycles. The smallest absolute Gasteiger partial charge is 0.262 e. The Balaban J connectivity index is 2.37. The van der Waals surface area contributed by atoms with Gasteiger partial charge in [-0.15, -0.1) is 0 Å². The lowest BCUT2D eigenvalue weighted by atomic mass is 10.1. The number of pyridine rings is 1. The molecule has 0 aliphatic heterocycles. The Bertz CT molecular complexity index is 755. The van der Waals surface area contributed by atoms with Gasteiger partial charge in [-0.1, -0.05) is 29.8 Å². The second kappa shape index (κ2) is 5.87. The molecule has 0 saturated heterocycles. The summed E-state index contributed by atoms with van der Waals surface area (Å²) < 4.78 is 1.35. The fourth-order valence-corrected chi connectivity index (χ4v) is 2.11. The normalized spacial score (nSPS) is 10.4. The second-order valence-electron chi connectivity index (χ2n) is 5.13. The van der Waals surface area contributed by atoms with Crippen LogP contribution in [-0.4, -0.2) is 16.1 Å². The summed E-state index contributed by atoms with van der Waals surface area (Å²) in [4.78, 5) is 35.9. The Hall–Kier alpha value is -2.49. The number of Topliss-reactive ketones (excluding diaryl/α,β-unsaturated/α-hetero) is 2. The summed E-state index contributed by atoms with van der Waals surface area (Å²) >= 11 is 0. The van der Waals surface area contributed by atoms with Crippen molar-refractivity contribution in [1.29, 1.82) is 0 Å². The van der Waals surface area contributed by atoms with Crippen molar-refractivity contribution in [2.75, 3.05) is 0 Å². The van der Waals surface area contributed by atoms with Crippen molar-refractivity contribution in [2.45, 2.75) is 27.3 Å². The van der Waals surface area contributed by atoms with Gasteiger partial charge in [0.1, 0.15) is 0 Å². The number of nitrogens with zero attached hydrogens (tertiary/aromatic N) is 1. The van der Waals surface area contributed by atoms with Crippen molar-refractivity contribution in [3.8, 4) is 0 Å². The van der Waals surface area contributed by atoms with Crippen LogP contribution in [0, 0.1) is 13.8 Å². The quantitative estimate of drug-likeness (QED) is 0.810. The zero-order valence-corrected chi connectivity index (χ0v) is 12.3. The predicted molar refractivity (Wildman–Crippen MR) is 81.0 cm³/mol. The molecule has 0 atom stereocenters. The lowest BCUT2D eigenvalue weighted by Gasteiger charge is -2.10. The van der Waals surface area contributed by atoms with Gasteiger partial charge in [0.15, 0.2) is 11.6 Å². The van der Waals surface area contributed by atoms with E-state index >= 15 is 0 Å². The van der Waals surface area contributed by atoms with Crippen molar-refractivity contribution >= 4 is 11.6 Å². The van der Waals surface area contributed by atoms with Crippen molar-refractivity contribution in [2.24, 2.45) is 0 Å². The molecule has 0 bridgehead atoms. The Morgan fingerprint density at radius 1 is 1.00 bits per heavy atom. The van der Waals surface area contributed by atoms with Crippen LogP contribution in [0.4, 0.5) is 0 Å². The monoisotopic (exact) mass is 283 g/mol. The molecule has 0 unspecified atom stereocenters. The highest BCUT2D eigenvalue weighted by molar-refractivity contribution is 5.96. The van der Waals surface area contributed by atoms with Crippen LogP contribution >= 0.6 is 0 Å². The Labute approximate surface area is 123 Å². The van der Waals surface area contributed by atoms with Gasteiger partial charge in [0.05, 0.1) is 12.1 Å². The van der Waals surface area contributed by atoms with E-state index in [0.717, 1.165) is 5.56 Å². The zero-order chi connectivity index (χ0) is 15.6. The molecule has 0 aliphatic carbocycles. The third-order valence-corrected chi connectivity index (χ3v) is 3.45. The summed E-state index contributed by atoms with van der Waals surface area (Å²) in [5.74, 6) is -0.447. The first-order valence-corrected chi connectivity index (χ1v) is 6.71. The first kappa shape index (κ1) is 14.9. The molecule has 0 saturated carbocycles. The van der Waals surface area contributed by atoms with Gasteiger partial charge in [0.2, 0.25) is 0 Å². The second-order valence-corrected chi connectivity index (χ2v) is 5.13. The van der Waals surface area contributed by atoms with E-state index in [1.807, 2.05) is 19.1 Å². The first-order valence-electron chi connectivity index (χ1n) is 6.71. The summed E-state index contributed by atoms with van der Waals surface area (Å²) in [5.41, 5.74) is 1.98. The molecule has 4 nitrogen and oxygen atoms in total. The number of aromatic nitrogens is 1. The van der Waals surface area contributed by atoms with E-state index in [0.29, 0.717) is 11.3 Å². The SMILES string of the molecule is CC(=O)c1ccc(C)n(CC(=O)c2ccc(C)cc2)c1=O. The number of benzene rings is 1. The van der Waals surface area contributed by atoms with Gasteiger partial charge in [-0.2, -0.15) is 0 Å². The van der Waals surface area contributed by atoms with Crippen LogP contribution in [0.25, 0.3) is 0 Å². The molecular formula is C17H17NO3. The number of hydrogen-bond donors (Lipinski definition) is 0. The average molecular weight is 283 g/mol. The third kappa shape index (κ3) is 3.16. The highest BCUT2D eigenvalue weighted by atomic mass is 16.2. The van der Waals surface area contributed by atoms with E-state index in [-0.39, 0.29) is 23.7 Å². The van der Waals surface area contributed by atoms with Gasteiger partial charge in [-0.05, 0) is 32.9 Å². The van der Waals surface area contributed by atoms with Crippen LogP contribution < -0.4 is 5.56 Å². The van der Waals surface area contributed by atoms with Gasteiger partial charge in [-0.25, -0.2) is 0 Å². The number of hydrogen-bond acceptors (Lipinski definition) is 3. The molecule has 0 fully saturated rings. The Morgan fingerprint density at radius 2 is 1.62 bits per heavy atom. The van der Waals surface area contributed by atoms with E-state index in [9.17, 15) is 14.4 Å². The lowest BCUT2D eigenvalue weighted by molar-refractivity contribution is 0.0964. The summed E-state index contributed by atoms with van der Waals surface area (Å²) in [6.07, 6.45) is 0. The van der Waals surface area contributed by atoms with Gasteiger partial charge >= 0.3 is 0 Å². The fraction of sp³-hybridized carbons (Fsp3) is 0.235. The van der Waals surface area contributed by atoms with Crippen LogP contribution in [-0.2, 0) is 6.54 Å². The summed E-state index contributed by atoms with van der Waals surface area (Å²) in [7, 11) is 0. The number of rotatable bonds is 4. The minimum Gasteiger partial charge on any atom is -0.305 e. The molecule has 0 N–H and O–H groups in total. The third-order valence-electron chi connectivity index (χ3n) is 3.45. The van der Waals surface area contributed by atoms with Crippen LogP contribution in [0.15, 0.2) is 41.2 Å². The zero-order valence-electron chi connectivity index (χ0n) is 12.3. The minimum absolute atomic E-state index is 0.0607. The topological polar surface area (TPSA) is 56.1 Å².